The van der Waals surface area contributed by atoms with E-state index in [1.54, 1.807) is 24.3 Å². The molecule has 0 aliphatic heterocycles. The molecule has 0 heterocycles. The van der Waals surface area contributed by atoms with Gasteiger partial charge in [-0.2, -0.15) is 0 Å². The number of para-hydroxylation sites is 1. The molecule has 2 aromatic rings. The molecule has 1 fully saturated rings. The molecule has 0 spiro atoms. The molecular weight excluding hydrogens is 350 g/mol. The number of halogens is 1. The second kappa shape index (κ2) is 9.25. The maximum Gasteiger partial charge on any atom is 0.253 e. The van der Waals surface area contributed by atoms with Crippen molar-refractivity contribution < 1.29 is 9.59 Å². The maximum atomic E-state index is 12.2. The Bertz CT molecular complexity index is 773. The van der Waals surface area contributed by atoms with E-state index in [1.807, 2.05) is 24.3 Å². The van der Waals surface area contributed by atoms with Crippen LogP contribution in [0, 0.1) is 5.92 Å². The van der Waals surface area contributed by atoms with Gasteiger partial charge in [-0.25, -0.2) is 0 Å². The third kappa shape index (κ3) is 4.99. The molecule has 0 bridgehead atoms. The third-order valence-electron chi connectivity index (χ3n) is 4.58. The number of carbonyl (C=O) groups is 2. The molecule has 4 N–H and O–H groups in total. The Hall–Kier alpha value is -2.53. The maximum absolute atomic E-state index is 12.2. The first-order valence-corrected chi connectivity index (χ1v) is 8.66. The van der Waals surface area contributed by atoms with Crippen molar-refractivity contribution in [3.63, 3.8) is 0 Å². The highest BCUT2D eigenvalue weighted by molar-refractivity contribution is 5.99. The van der Waals surface area contributed by atoms with Crippen molar-refractivity contribution in [1.29, 1.82) is 0 Å². The third-order valence-corrected chi connectivity index (χ3v) is 4.58. The molecule has 3 rings (SSSR count). The first kappa shape index (κ1) is 19.8. The van der Waals surface area contributed by atoms with E-state index in [2.05, 4.69) is 10.6 Å². The van der Waals surface area contributed by atoms with Gasteiger partial charge in [-0.1, -0.05) is 37.1 Å². The Balaban J connectivity index is 0.00000243. The second-order valence-corrected chi connectivity index (χ2v) is 6.44. The summed E-state index contributed by atoms with van der Waals surface area (Å²) in [6.07, 6.45) is 4.21. The Kier molecular flexibility index (Phi) is 7.04. The van der Waals surface area contributed by atoms with Gasteiger partial charge in [0.25, 0.3) is 5.91 Å². The highest BCUT2D eigenvalue weighted by atomic mass is 35.5. The minimum Gasteiger partial charge on any atom is -0.398 e. The number of nitrogen functional groups attached to an aromatic ring is 1. The monoisotopic (exact) mass is 373 g/mol. The van der Waals surface area contributed by atoms with Gasteiger partial charge in [0.1, 0.15) is 0 Å². The summed E-state index contributed by atoms with van der Waals surface area (Å²) in [5.41, 5.74) is 8.43. The SMILES string of the molecule is Cl.Nc1ccccc1C(=O)NCc1cccc(NC(=O)C2CCCC2)c1. The molecule has 0 aromatic heterocycles. The predicted octanol–water partition coefficient (Wildman–Crippen LogP) is 3.75. The summed E-state index contributed by atoms with van der Waals surface area (Å²) in [5.74, 6) is 0.0126. The van der Waals surface area contributed by atoms with Crippen LogP contribution in [0.4, 0.5) is 11.4 Å². The van der Waals surface area contributed by atoms with Crippen LogP contribution in [0.3, 0.4) is 0 Å². The number of carbonyl (C=O) groups excluding carboxylic acids is 2. The number of benzene rings is 2. The predicted molar refractivity (Wildman–Crippen MR) is 106 cm³/mol. The van der Waals surface area contributed by atoms with Crippen LogP contribution in [0.25, 0.3) is 0 Å². The molecule has 26 heavy (non-hydrogen) atoms. The van der Waals surface area contributed by atoms with Crippen molar-refractivity contribution in [1.82, 2.24) is 5.32 Å². The van der Waals surface area contributed by atoms with Gasteiger partial charge < -0.3 is 16.4 Å². The average molecular weight is 374 g/mol. The van der Waals surface area contributed by atoms with Crippen LogP contribution in [-0.2, 0) is 11.3 Å². The van der Waals surface area contributed by atoms with Crippen LogP contribution in [-0.4, -0.2) is 11.8 Å². The Morgan fingerprint density at radius 3 is 2.50 bits per heavy atom. The lowest BCUT2D eigenvalue weighted by atomic mass is 10.1. The Morgan fingerprint density at radius 2 is 1.77 bits per heavy atom. The summed E-state index contributed by atoms with van der Waals surface area (Å²) in [4.78, 5) is 24.4. The molecule has 0 saturated heterocycles. The molecule has 1 saturated carbocycles. The molecule has 138 valence electrons. The lowest BCUT2D eigenvalue weighted by Crippen LogP contribution is -2.24. The number of nitrogens with two attached hydrogens (primary N) is 1. The van der Waals surface area contributed by atoms with E-state index in [0.29, 0.717) is 17.8 Å². The Morgan fingerprint density at radius 1 is 1.04 bits per heavy atom. The summed E-state index contributed by atoms with van der Waals surface area (Å²) < 4.78 is 0. The fourth-order valence-corrected chi connectivity index (χ4v) is 3.17. The molecule has 0 unspecified atom stereocenters. The molecule has 5 nitrogen and oxygen atoms in total. The number of anilines is 2. The van der Waals surface area contributed by atoms with E-state index < -0.39 is 0 Å². The van der Waals surface area contributed by atoms with E-state index in [1.165, 1.54) is 0 Å². The molecular formula is C20H24ClN3O2. The lowest BCUT2D eigenvalue weighted by Gasteiger charge is -2.12. The van der Waals surface area contributed by atoms with Gasteiger partial charge in [0, 0.05) is 23.8 Å². The van der Waals surface area contributed by atoms with E-state index in [4.69, 9.17) is 5.73 Å². The molecule has 2 amide bonds. The number of hydrogen-bond acceptors (Lipinski definition) is 3. The van der Waals surface area contributed by atoms with Gasteiger partial charge in [-0.05, 0) is 42.7 Å². The molecule has 2 aromatic carbocycles. The van der Waals surface area contributed by atoms with Gasteiger partial charge in [0.05, 0.1) is 5.56 Å². The topological polar surface area (TPSA) is 84.2 Å². The standard InChI is InChI=1S/C20H23N3O2.ClH/c21-18-11-4-3-10-17(18)20(25)22-13-14-6-5-9-16(12-14)23-19(24)15-7-1-2-8-15;/h3-6,9-12,15H,1-2,7-8,13,21H2,(H,22,25)(H,23,24);1H. The van der Waals surface area contributed by atoms with Crippen molar-refractivity contribution in [2.24, 2.45) is 5.92 Å². The number of rotatable bonds is 5. The van der Waals surface area contributed by atoms with Crippen LogP contribution >= 0.6 is 12.4 Å². The van der Waals surface area contributed by atoms with Crippen molar-refractivity contribution >= 4 is 35.6 Å². The smallest absolute Gasteiger partial charge is 0.253 e. The number of nitrogens with one attached hydrogen (secondary N) is 2. The molecule has 0 radical (unpaired) electrons. The first-order valence-electron chi connectivity index (χ1n) is 8.66. The van der Waals surface area contributed by atoms with E-state index in [9.17, 15) is 9.59 Å². The first-order chi connectivity index (χ1) is 12.1. The molecule has 0 atom stereocenters. The van der Waals surface area contributed by atoms with Crippen molar-refractivity contribution in [3.8, 4) is 0 Å². The lowest BCUT2D eigenvalue weighted by molar-refractivity contribution is -0.119. The minimum absolute atomic E-state index is 0. The zero-order valence-corrected chi connectivity index (χ0v) is 15.4. The van der Waals surface area contributed by atoms with Crippen molar-refractivity contribution in [3.05, 3.63) is 59.7 Å². The summed E-state index contributed by atoms with van der Waals surface area (Å²) in [6.45, 7) is 0.375. The van der Waals surface area contributed by atoms with Gasteiger partial charge >= 0.3 is 0 Å². The number of hydrogen-bond donors (Lipinski definition) is 3. The number of amides is 2. The highest BCUT2D eigenvalue weighted by Gasteiger charge is 2.22. The van der Waals surface area contributed by atoms with Crippen LogP contribution in [0.1, 0.15) is 41.6 Å². The van der Waals surface area contributed by atoms with E-state index >= 15 is 0 Å². The fraction of sp³-hybridized carbons (Fsp3) is 0.300. The van der Waals surface area contributed by atoms with E-state index in [0.717, 1.165) is 36.9 Å². The minimum atomic E-state index is -0.210. The van der Waals surface area contributed by atoms with Crippen molar-refractivity contribution in [2.45, 2.75) is 32.2 Å². The molecule has 1 aliphatic rings. The van der Waals surface area contributed by atoms with Crippen molar-refractivity contribution in [2.75, 3.05) is 11.1 Å². The summed E-state index contributed by atoms with van der Waals surface area (Å²) in [6, 6.07) is 14.5. The Labute approximate surface area is 159 Å². The van der Waals surface area contributed by atoms with Crippen LogP contribution in [0.5, 0.6) is 0 Å². The molecule has 6 heteroatoms. The van der Waals surface area contributed by atoms with Crippen LogP contribution in [0.15, 0.2) is 48.5 Å². The van der Waals surface area contributed by atoms with E-state index in [-0.39, 0.29) is 30.1 Å². The fourth-order valence-electron chi connectivity index (χ4n) is 3.17. The van der Waals surface area contributed by atoms with Gasteiger partial charge in [-0.15, -0.1) is 12.4 Å². The molecule has 1 aliphatic carbocycles. The summed E-state index contributed by atoms with van der Waals surface area (Å²) in [5, 5.41) is 5.84. The van der Waals surface area contributed by atoms with Crippen LogP contribution < -0.4 is 16.4 Å². The quantitative estimate of drug-likeness (QED) is 0.698. The van der Waals surface area contributed by atoms with Gasteiger partial charge in [0.15, 0.2) is 0 Å². The zero-order chi connectivity index (χ0) is 17.6. The second-order valence-electron chi connectivity index (χ2n) is 6.44. The van der Waals surface area contributed by atoms with Gasteiger partial charge in [-0.3, -0.25) is 9.59 Å². The average Bonchev–Trinajstić information content (AvgIpc) is 3.15. The summed E-state index contributed by atoms with van der Waals surface area (Å²) in [7, 11) is 0. The largest absolute Gasteiger partial charge is 0.398 e. The van der Waals surface area contributed by atoms with Crippen LogP contribution in [0.2, 0.25) is 0 Å². The van der Waals surface area contributed by atoms with Gasteiger partial charge in [0.2, 0.25) is 5.91 Å². The normalized spacial score (nSPS) is 13.7. The highest BCUT2D eigenvalue weighted by Crippen LogP contribution is 2.26. The zero-order valence-electron chi connectivity index (χ0n) is 14.5. The summed E-state index contributed by atoms with van der Waals surface area (Å²) >= 11 is 0.